The van der Waals surface area contributed by atoms with Crippen molar-refractivity contribution in [3.05, 3.63) is 17.7 Å². The van der Waals surface area contributed by atoms with Gasteiger partial charge in [-0.2, -0.15) is 0 Å². The maximum absolute atomic E-state index is 12.0. The quantitative estimate of drug-likeness (QED) is 0.907. The summed E-state index contributed by atoms with van der Waals surface area (Å²) in [6.07, 6.45) is 1.11. The van der Waals surface area contributed by atoms with E-state index in [0.717, 1.165) is 5.56 Å². The number of nitrogens with two attached hydrogens (primary N) is 1. The second kappa shape index (κ2) is 6.22. The van der Waals surface area contributed by atoms with Crippen LogP contribution in [0.5, 0.6) is 17.2 Å². The van der Waals surface area contributed by atoms with Crippen LogP contribution in [-0.4, -0.2) is 45.2 Å². The van der Waals surface area contributed by atoms with Gasteiger partial charge in [-0.15, -0.1) is 0 Å². The molecule has 0 spiro atoms. The molecule has 2 atom stereocenters. The molecule has 0 bridgehead atoms. The summed E-state index contributed by atoms with van der Waals surface area (Å²) >= 11 is 0. The van der Waals surface area contributed by atoms with Crippen LogP contribution in [0.3, 0.4) is 0 Å². The number of benzene rings is 1. The number of rotatable bonds is 4. The molecule has 6 heteroatoms. The predicted molar refractivity (Wildman–Crippen MR) is 78.8 cm³/mol. The van der Waals surface area contributed by atoms with Crippen molar-refractivity contribution >= 4 is 5.91 Å². The van der Waals surface area contributed by atoms with Crippen LogP contribution in [0.25, 0.3) is 0 Å². The first kappa shape index (κ1) is 15.4. The molecule has 116 valence electrons. The number of ether oxygens (including phenoxy) is 3. The summed E-state index contributed by atoms with van der Waals surface area (Å²) in [6.45, 7) is 0. The van der Waals surface area contributed by atoms with Gasteiger partial charge in [0.05, 0.1) is 32.9 Å². The number of carbonyl (C=O) groups excluding carboxylic acids is 1. The lowest BCUT2D eigenvalue weighted by Gasteiger charge is -2.38. The number of likely N-dealkylation sites (tertiary alicyclic amines) is 1. The van der Waals surface area contributed by atoms with Gasteiger partial charge in [0.15, 0.2) is 0 Å². The van der Waals surface area contributed by atoms with Crippen LogP contribution < -0.4 is 19.9 Å². The second-order valence-electron chi connectivity index (χ2n) is 5.10. The lowest BCUT2D eigenvalue weighted by atomic mass is 9.89. The van der Waals surface area contributed by atoms with Gasteiger partial charge >= 0.3 is 0 Å². The molecular weight excluding hydrogens is 272 g/mol. The number of likely N-dealkylation sites (N-methyl/N-ethyl adjacent to an activating group) is 1. The number of hydrogen-bond acceptors (Lipinski definition) is 5. The highest BCUT2D eigenvalue weighted by Gasteiger charge is 2.36. The third kappa shape index (κ3) is 2.76. The minimum Gasteiger partial charge on any atom is -0.496 e. The molecule has 0 radical (unpaired) electrons. The van der Waals surface area contributed by atoms with Crippen molar-refractivity contribution < 1.29 is 19.0 Å². The first-order valence-corrected chi connectivity index (χ1v) is 6.84. The van der Waals surface area contributed by atoms with Crippen LogP contribution in [0.1, 0.15) is 24.4 Å². The Morgan fingerprint density at radius 1 is 1.14 bits per heavy atom. The molecule has 2 rings (SSSR count). The molecule has 6 nitrogen and oxygen atoms in total. The van der Waals surface area contributed by atoms with Crippen molar-refractivity contribution in [3.8, 4) is 17.2 Å². The Balaban J connectivity index is 2.57. The smallest absolute Gasteiger partial charge is 0.222 e. The van der Waals surface area contributed by atoms with E-state index in [1.807, 2.05) is 0 Å². The summed E-state index contributed by atoms with van der Waals surface area (Å²) < 4.78 is 16.2. The van der Waals surface area contributed by atoms with Crippen molar-refractivity contribution in [3.63, 3.8) is 0 Å². The Kier molecular flexibility index (Phi) is 4.57. The van der Waals surface area contributed by atoms with E-state index >= 15 is 0 Å². The molecule has 2 unspecified atom stereocenters. The zero-order valence-corrected chi connectivity index (χ0v) is 12.9. The van der Waals surface area contributed by atoms with E-state index in [4.69, 9.17) is 19.9 Å². The molecule has 1 saturated heterocycles. The predicted octanol–water partition coefficient (Wildman–Crippen LogP) is 1.33. The van der Waals surface area contributed by atoms with Crippen molar-refractivity contribution in [2.24, 2.45) is 5.73 Å². The lowest BCUT2D eigenvalue weighted by molar-refractivity contribution is -0.135. The fourth-order valence-corrected chi connectivity index (χ4v) is 2.80. The van der Waals surface area contributed by atoms with E-state index in [1.165, 1.54) is 0 Å². The van der Waals surface area contributed by atoms with Gasteiger partial charge in [-0.3, -0.25) is 4.79 Å². The molecule has 1 aliphatic heterocycles. The van der Waals surface area contributed by atoms with Gasteiger partial charge in [-0.25, -0.2) is 0 Å². The van der Waals surface area contributed by atoms with E-state index in [9.17, 15) is 4.79 Å². The van der Waals surface area contributed by atoms with Gasteiger partial charge in [0.1, 0.15) is 17.2 Å². The van der Waals surface area contributed by atoms with Crippen molar-refractivity contribution in [2.45, 2.75) is 24.9 Å². The molecule has 0 aromatic heterocycles. The Morgan fingerprint density at radius 2 is 1.71 bits per heavy atom. The number of piperidine rings is 1. The average molecular weight is 294 g/mol. The van der Waals surface area contributed by atoms with Crippen molar-refractivity contribution in [1.29, 1.82) is 0 Å². The maximum atomic E-state index is 12.0. The fraction of sp³-hybridized carbons (Fsp3) is 0.533. The normalized spacial score (nSPS) is 22.1. The van der Waals surface area contributed by atoms with Gasteiger partial charge in [0, 0.05) is 31.6 Å². The zero-order chi connectivity index (χ0) is 15.6. The number of amides is 1. The van der Waals surface area contributed by atoms with Gasteiger partial charge in [0.2, 0.25) is 5.91 Å². The zero-order valence-electron chi connectivity index (χ0n) is 12.9. The molecule has 0 aliphatic carbocycles. The van der Waals surface area contributed by atoms with E-state index < -0.39 is 0 Å². The van der Waals surface area contributed by atoms with Crippen LogP contribution in [0.2, 0.25) is 0 Å². The number of hydrogen-bond donors (Lipinski definition) is 1. The Bertz CT molecular complexity index is 507. The van der Waals surface area contributed by atoms with Crippen LogP contribution in [0, 0.1) is 0 Å². The highest BCUT2D eigenvalue weighted by atomic mass is 16.5. The lowest BCUT2D eigenvalue weighted by Crippen LogP contribution is -2.47. The molecule has 0 saturated carbocycles. The van der Waals surface area contributed by atoms with Gasteiger partial charge < -0.3 is 24.8 Å². The molecule has 1 fully saturated rings. The van der Waals surface area contributed by atoms with Gasteiger partial charge in [-0.1, -0.05) is 0 Å². The van der Waals surface area contributed by atoms with Gasteiger partial charge in [-0.05, 0) is 6.42 Å². The Hall–Kier alpha value is -1.95. The highest BCUT2D eigenvalue weighted by molar-refractivity contribution is 5.78. The minimum absolute atomic E-state index is 0.0709. The Labute approximate surface area is 124 Å². The van der Waals surface area contributed by atoms with E-state index in [-0.39, 0.29) is 18.0 Å². The summed E-state index contributed by atoms with van der Waals surface area (Å²) in [4.78, 5) is 13.7. The van der Waals surface area contributed by atoms with Crippen LogP contribution in [-0.2, 0) is 4.79 Å². The van der Waals surface area contributed by atoms with Crippen molar-refractivity contribution in [1.82, 2.24) is 4.90 Å². The molecule has 1 amide bonds. The van der Waals surface area contributed by atoms with Crippen LogP contribution in [0.4, 0.5) is 0 Å². The van der Waals surface area contributed by atoms with Crippen LogP contribution in [0.15, 0.2) is 12.1 Å². The average Bonchev–Trinajstić information content (AvgIpc) is 2.51. The molecule has 1 aromatic carbocycles. The van der Waals surface area contributed by atoms with Crippen molar-refractivity contribution in [2.75, 3.05) is 28.4 Å². The topological polar surface area (TPSA) is 74.0 Å². The highest BCUT2D eigenvalue weighted by Crippen LogP contribution is 2.43. The van der Waals surface area contributed by atoms with E-state index in [1.54, 1.807) is 45.4 Å². The molecule has 1 aromatic rings. The van der Waals surface area contributed by atoms with E-state index in [2.05, 4.69) is 0 Å². The van der Waals surface area contributed by atoms with Gasteiger partial charge in [0.25, 0.3) is 0 Å². The SMILES string of the molecule is COc1cc(OC)c(C2C(N)CCC(=O)N2C)c(OC)c1. The summed E-state index contributed by atoms with van der Waals surface area (Å²) in [5.41, 5.74) is 7.03. The summed E-state index contributed by atoms with van der Waals surface area (Å²) in [7, 11) is 6.49. The standard InChI is InChI=1S/C15H22N2O4/c1-17-13(18)6-5-10(16)15(17)14-11(20-3)7-9(19-2)8-12(14)21-4/h7-8,10,15H,5-6,16H2,1-4H3. The monoisotopic (exact) mass is 294 g/mol. The largest absolute Gasteiger partial charge is 0.496 e. The first-order valence-electron chi connectivity index (χ1n) is 6.84. The number of carbonyl (C=O) groups is 1. The first-order chi connectivity index (χ1) is 10.0. The molecule has 1 heterocycles. The molecule has 2 N–H and O–H groups in total. The minimum atomic E-state index is -0.276. The molecule has 21 heavy (non-hydrogen) atoms. The summed E-state index contributed by atoms with van der Waals surface area (Å²) in [6, 6.07) is 3.11. The third-order valence-electron chi connectivity index (χ3n) is 3.96. The fourth-order valence-electron chi connectivity index (χ4n) is 2.80. The third-order valence-corrected chi connectivity index (χ3v) is 3.96. The maximum Gasteiger partial charge on any atom is 0.222 e. The van der Waals surface area contributed by atoms with E-state index in [0.29, 0.717) is 30.1 Å². The molecule has 1 aliphatic rings. The summed E-state index contributed by atoms with van der Waals surface area (Å²) in [5, 5.41) is 0. The van der Waals surface area contributed by atoms with Crippen LogP contribution >= 0.6 is 0 Å². The second-order valence-corrected chi connectivity index (χ2v) is 5.10. The summed E-state index contributed by atoms with van der Waals surface area (Å²) in [5.74, 6) is 1.91. The number of nitrogens with zero attached hydrogens (tertiary/aromatic N) is 1. The Morgan fingerprint density at radius 3 is 2.19 bits per heavy atom. The number of methoxy groups -OCH3 is 3. The molecular formula is C15H22N2O4.